The lowest BCUT2D eigenvalue weighted by Crippen LogP contribution is -2.24. The van der Waals surface area contributed by atoms with Crippen LogP contribution in [0.5, 0.6) is 0 Å². The Labute approximate surface area is 71.2 Å². The van der Waals surface area contributed by atoms with E-state index in [0.29, 0.717) is 0 Å². The second-order valence-corrected chi connectivity index (χ2v) is 4.36. The lowest BCUT2D eigenvalue weighted by Gasteiger charge is -2.06. The number of aryl methyl sites for hydroxylation is 1. The number of hydrogen-bond acceptors (Lipinski definition) is 2. The second kappa shape index (κ2) is 2.32. The van der Waals surface area contributed by atoms with Gasteiger partial charge in [-0.1, -0.05) is 0 Å². The molecule has 0 unspecified atom stereocenters. The molecule has 2 rings (SSSR count). The summed E-state index contributed by atoms with van der Waals surface area (Å²) < 4.78 is 0. The summed E-state index contributed by atoms with van der Waals surface area (Å²) in [5, 5.41) is 4.42. The first-order chi connectivity index (χ1) is 5.20. The van der Waals surface area contributed by atoms with Crippen LogP contribution in [-0.2, 0) is 6.42 Å². The van der Waals surface area contributed by atoms with Crippen LogP contribution >= 0.6 is 11.3 Å². The van der Waals surface area contributed by atoms with E-state index in [1.54, 1.807) is 11.3 Å². The van der Waals surface area contributed by atoms with Crippen molar-refractivity contribution in [3.63, 3.8) is 0 Å². The average molecular weight is 167 g/mol. The Morgan fingerprint density at radius 2 is 2.27 bits per heavy atom. The molecule has 2 heteroatoms. The van der Waals surface area contributed by atoms with Crippen molar-refractivity contribution < 1.29 is 0 Å². The molecular formula is C9H13NS. The third-order valence-corrected chi connectivity index (χ3v) is 3.31. The molecule has 0 aliphatic heterocycles. The molecule has 0 radical (unpaired) electrons. The molecular weight excluding hydrogens is 154 g/mol. The van der Waals surface area contributed by atoms with E-state index in [4.69, 9.17) is 5.73 Å². The number of hydrogen-bond donors (Lipinski definition) is 1. The van der Waals surface area contributed by atoms with Crippen LogP contribution in [0.2, 0.25) is 0 Å². The molecule has 1 nitrogen and oxygen atoms in total. The minimum Gasteiger partial charge on any atom is -0.325 e. The van der Waals surface area contributed by atoms with Gasteiger partial charge in [0.15, 0.2) is 0 Å². The highest BCUT2D eigenvalue weighted by atomic mass is 32.1. The Kier molecular flexibility index (Phi) is 1.55. The van der Waals surface area contributed by atoms with Crippen LogP contribution in [0, 0.1) is 6.92 Å². The zero-order chi connectivity index (χ0) is 7.90. The summed E-state index contributed by atoms with van der Waals surface area (Å²) >= 11 is 1.78. The van der Waals surface area contributed by atoms with E-state index in [9.17, 15) is 0 Å². The van der Waals surface area contributed by atoms with Gasteiger partial charge < -0.3 is 5.73 Å². The molecule has 0 saturated heterocycles. The molecule has 60 valence electrons. The maximum Gasteiger partial charge on any atom is 0.0196 e. The van der Waals surface area contributed by atoms with Crippen molar-refractivity contribution in [3.05, 3.63) is 21.9 Å². The second-order valence-electron chi connectivity index (χ2n) is 3.62. The molecule has 0 bridgehead atoms. The maximum atomic E-state index is 6.01. The lowest BCUT2D eigenvalue weighted by molar-refractivity contribution is 0.671. The van der Waals surface area contributed by atoms with Gasteiger partial charge in [-0.2, -0.15) is 11.3 Å². The van der Waals surface area contributed by atoms with Crippen molar-refractivity contribution in [2.24, 2.45) is 5.73 Å². The molecule has 1 aliphatic carbocycles. The molecule has 0 spiro atoms. The highest BCUT2D eigenvalue weighted by Crippen LogP contribution is 2.36. The van der Waals surface area contributed by atoms with E-state index >= 15 is 0 Å². The first-order valence-electron chi connectivity index (χ1n) is 4.00. The first-order valence-corrected chi connectivity index (χ1v) is 4.94. The smallest absolute Gasteiger partial charge is 0.0196 e. The van der Waals surface area contributed by atoms with Gasteiger partial charge in [0.05, 0.1) is 0 Å². The topological polar surface area (TPSA) is 26.0 Å². The molecule has 1 saturated carbocycles. The fourth-order valence-corrected chi connectivity index (χ4v) is 2.14. The highest BCUT2D eigenvalue weighted by Gasteiger charge is 2.38. The van der Waals surface area contributed by atoms with E-state index in [2.05, 4.69) is 17.7 Å². The monoisotopic (exact) mass is 167 g/mol. The quantitative estimate of drug-likeness (QED) is 0.717. The van der Waals surface area contributed by atoms with Crippen molar-refractivity contribution in [1.29, 1.82) is 0 Å². The van der Waals surface area contributed by atoms with Crippen molar-refractivity contribution in [2.75, 3.05) is 0 Å². The predicted octanol–water partition coefficient (Wildman–Crippen LogP) is 2.09. The van der Waals surface area contributed by atoms with Gasteiger partial charge in [0.1, 0.15) is 0 Å². The van der Waals surface area contributed by atoms with E-state index in [0.717, 1.165) is 6.42 Å². The molecule has 11 heavy (non-hydrogen) atoms. The fourth-order valence-electron chi connectivity index (χ4n) is 1.28. The number of nitrogens with two attached hydrogens (primary N) is 1. The van der Waals surface area contributed by atoms with Crippen LogP contribution in [0.3, 0.4) is 0 Å². The summed E-state index contributed by atoms with van der Waals surface area (Å²) in [6, 6.07) is 0. The van der Waals surface area contributed by atoms with E-state index < -0.39 is 0 Å². The molecule has 0 amide bonds. The van der Waals surface area contributed by atoms with Gasteiger partial charge in [0.2, 0.25) is 0 Å². The standard InChI is InChI=1S/C9H13NS/c1-7-5-11-6-8(7)4-9(10)2-3-9/h5-6H,2-4,10H2,1H3. The van der Waals surface area contributed by atoms with Crippen molar-refractivity contribution in [3.8, 4) is 0 Å². The lowest BCUT2D eigenvalue weighted by atomic mass is 10.1. The summed E-state index contributed by atoms with van der Waals surface area (Å²) in [6.07, 6.45) is 3.51. The summed E-state index contributed by atoms with van der Waals surface area (Å²) in [4.78, 5) is 0. The summed E-state index contributed by atoms with van der Waals surface area (Å²) in [5.74, 6) is 0. The molecule has 0 atom stereocenters. The molecule has 1 aliphatic rings. The van der Waals surface area contributed by atoms with E-state index in [-0.39, 0.29) is 5.54 Å². The van der Waals surface area contributed by atoms with Crippen LogP contribution in [0.4, 0.5) is 0 Å². The molecule has 1 heterocycles. The predicted molar refractivity (Wildman–Crippen MR) is 48.9 cm³/mol. The highest BCUT2D eigenvalue weighted by molar-refractivity contribution is 7.08. The largest absolute Gasteiger partial charge is 0.325 e. The Balaban J connectivity index is 2.12. The number of rotatable bonds is 2. The SMILES string of the molecule is Cc1cscc1CC1(N)CC1. The van der Waals surface area contributed by atoms with Gasteiger partial charge in [-0.15, -0.1) is 0 Å². The Hall–Kier alpha value is -0.340. The first kappa shape index (κ1) is 7.32. The third-order valence-electron chi connectivity index (χ3n) is 2.40. The minimum atomic E-state index is 0.172. The van der Waals surface area contributed by atoms with Crippen LogP contribution in [-0.4, -0.2) is 5.54 Å². The van der Waals surface area contributed by atoms with Crippen LogP contribution in [0.1, 0.15) is 24.0 Å². The minimum absolute atomic E-state index is 0.172. The van der Waals surface area contributed by atoms with Gasteiger partial charge in [-0.05, 0) is 48.1 Å². The molecule has 1 aromatic heterocycles. The van der Waals surface area contributed by atoms with Crippen LogP contribution in [0.15, 0.2) is 10.8 Å². The van der Waals surface area contributed by atoms with Gasteiger partial charge in [0.25, 0.3) is 0 Å². The van der Waals surface area contributed by atoms with Crippen LogP contribution in [0.25, 0.3) is 0 Å². The number of thiophene rings is 1. The molecule has 1 aromatic rings. The molecule has 2 N–H and O–H groups in total. The van der Waals surface area contributed by atoms with Gasteiger partial charge in [-0.25, -0.2) is 0 Å². The third kappa shape index (κ3) is 1.47. The summed E-state index contributed by atoms with van der Waals surface area (Å²) in [5.41, 5.74) is 9.05. The molecule has 0 aromatic carbocycles. The maximum absolute atomic E-state index is 6.01. The van der Waals surface area contributed by atoms with Crippen LogP contribution < -0.4 is 5.73 Å². The summed E-state index contributed by atoms with van der Waals surface area (Å²) in [7, 11) is 0. The van der Waals surface area contributed by atoms with Gasteiger partial charge in [0, 0.05) is 5.54 Å². The van der Waals surface area contributed by atoms with E-state index in [1.807, 2.05) is 0 Å². The van der Waals surface area contributed by atoms with E-state index in [1.165, 1.54) is 24.0 Å². The zero-order valence-electron chi connectivity index (χ0n) is 6.76. The zero-order valence-corrected chi connectivity index (χ0v) is 7.58. The van der Waals surface area contributed by atoms with Crippen molar-refractivity contribution in [2.45, 2.75) is 31.7 Å². The Bertz CT molecular complexity index is 260. The van der Waals surface area contributed by atoms with Crippen molar-refractivity contribution >= 4 is 11.3 Å². The van der Waals surface area contributed by atoms with Crippen molar-refractivity contribution in [1.82, 2.24) is 0 Å². The molecule has 1 fully saturated rings. The average Bonchev–Trinajstić information content (AvgIpc) is 2.54. The van der Waals surface area contributed by atoms with Gasteiger partial charge >= 0.3 is 0 Å². The Morgan fingerprint density at radius 3 is 2.73 bits per heavy atom. The van der Waals surface area contributed by atoms with Gasteiger partial charge in [-0.3, -0.25) is 0 Å². The Morgan fingerprint density at radius 1 is 1.55 bits per heavy atom. The normalized spacial score (nSPS) is 20.2. The summed E-state index contributed by atoms with van der Waals surface area (Å²) in [6.45, 7) is 2.16. The fraction of sp³-hybridized carbons (Fsp3) is 0.556.